The van der Waals surface area contributed by atoms with Gasteiger partial charge in [0.05, 0.1) is 5.69 Å². The minimum absolute atomic E-state index is 0.880. The molecule has 0 amide bonds. The molecular weight excluding hydrogens is 262 g/mol. The monoisotopic (exact) mass is 279 g/mol. The lowest BCUT2D eigenvalue weighted by molar-refractivity contribution is 0.705. The Kier molecular flexibility index (Phi) is 3.63. The largest absolute Gasteiger partial charge is 0.343 e. The first-order valence-corrected chi connectivity index (χ1v) is 8.08. The third-order valence-electron chi connectivity index (χ3n) is 3.17. The van der Waals surface area contributed by atoms with Crippen LogP contribution >= 0.6 is 22.7 Å². The highest BCUT2D eigenvalue weighted by atomic mass is 32.1. The van der Waals surface area contributed by atoms with Crippen molar-refractivity contribution in [1.82, 2.24) is 10.3 Å². The van der Waals surface area contributed by atoms with E-state index in [-0.39, 0.29) is 0 Å². The lowest BCUT2D eigenvalue weighted by Gasteiger charge is -2.26. The van der Waals surface area contributed by atoms with Gasteiger partial charge in [-0.3, -0.25) is 0 Å². The van der Waals surface area contributed by atoms with Gasteiger partial charge >= 0.3 is 0 Å². The molecule has 0 fully saturated rings. The maximum atomic E-state index is 4.71. The number of nitrogens with one attached hydrogen (secondary N) is 1. The molecule has 0 aromatic carbocycles. The number of hydrogen-bond donors (Lipinski definition) is 1. The van der Waals surface area contributed by atoms with Crippen molar-refractivity contribution in [3.05, 3.63) is 33.0 Å². The lowest BCUT2D eigenvalue weighted by atomic mass is 10.1. The normalized spacial score (nSPS) is 14.8. The minimum atomic E-state index is 0.880. The first kappa shape index (κ1) is 12.1. The molecule has 0 radical (unpaired) electrons. The summed E-state index contributed by atoms with van der Waals surface area (Å²) in [6, 6.07) is 2.25. The third-order valence-corrected chi connectivity index (χ3v) is 5.15. The fourth-order valence-corrected chi connectivity index (χ4v) is 3.93. The van der Waals surface area contributed by atoms with Gasteiger partial charge in [-0.2, -0.15) is 0 Å². The van der Waals surface area contributed by atoms with Crippen LogP contribution in [-0.2, 0) is 19.5 Å². The van der Waals surface area contributed by atoms with E-state index in [9.17, 15) is 0 Å². The van der Waals surface area contributed by atoms with E-state index in [4.69, 9.17) is 4.98 Å². The standard InChI is InChI=1S/C13H17N3S2/c1-2-14-7-11-9-18-13(15-11)16-5-3-12-10(8-16)4-6-17-12/h4,6,9,14H,2-3,5,7-8H2,1H3. The van der Waals surface area contributed by atoms with E-state index in [1.165, 1.54) is 10.7 Å². The predicted octanol–water partition coefficient (Wildman–Crippen LogP) is 2.88. The van der Waals surface area contributed by atoms with Crippen molar-refractivity contribution in [2.24, 2.45) is 0 Å². The van der Waals surface area contributed by atoms with E-state index >= 15 is 0 Å². The highest BCUT2D eigenvalue weighted by Gasteiger charge is 2.19. The number of fused-ring (bicyclic) bond motifs is 1. The third kappa shape index (κ3) is 2.43. The molecule has 0 saturated heterocycles. The summed E-state index contributed by atoms with van der Waals surface area (Å²) in [6.07, 6.45) is 1.16. The number of aromatic nitrogens is 1. The van der Waals surface area contributed by atoms with E-state index in [0.717, 1.165) is 38.3 Å². The van der Waals surface area contributed by atoms with E-state index in [2.05, 4.69) is 34.0 Å². The highest BCUT2D eigenvalue weighted by Crippen LogP contribution is 2.29. The smallest absolute Gasteiger partial charge is 0.185 e. The zero-order valence-corrected chi connectivity index (χ0v) is 12.1. The van der Waals surface area contributed by atoms with Gasteiger partial charge in [0.25, 0.3) is 0 Å². The fourth-order valence-electron chi connectivity index (χ4n) is 2.19. The zero-order valence-electron chi connectivity index (χ0n) is 10.5. The Balaban J connectivity index is 1.70. The Hall–Kier alpha value is -0.910. The van der Waals surface area contributed by atoms with E-state index in [1.54, 1.807) is 16.2 Å². The van der Waals surface area contributed by atoms with E-state index in [0.29, 0.717) is 0 Å². The first-order valence-electron chi connectivity index (χ1n) is 6.32. The second kappa shape index (κ2) is 5.38. The van der Waals surface area contributed by atoms with Gasteiger partial charge in [-0.1, -0.05) is 6.92 Å². The molecule has 0 spiro atoms. The molecule has 0 saturated carbocycles. The van der Waals surface area contributed by atoms with Crippen LogP contribution in [0.5, 0.6) is 0 Å². The molecule has 2 aromatic heterocycles. The van der Waals surface area contributed by atoms with Gasteiger partial charge in [0.1, 0.15) is 0 Å². The molecule has 2 aromatic rings. The fraction of sp³-hybridized carbons (Fsp3) is 0.462. The van der Waals surface area contributed by atoms with Crippen LogP contribution < -0.4 is 10.2 Å². The molecule has 3 heterocycles. The van der Waals surface area contributed by atoms with Crippen molar-refractivity contribution < 1.29 is 0 Å². The van der Waals surface area contributed by atoms with Crippen molar-refractivity contribution in [2.45, 2.75) is 26.4 Å². The number of thiazole rings is 1. The summed E-state index contributed by atoms with van der Waals surface area (Å²) >= 11 is 3.65. The van der Waals surface area contributed by atoms with Gasteiger partial charge in [0, 0.05) is 29.9 Å². The first-order chi connectivity index (χ1) is 8.86. The Bertz CT molecular complexity index is 518. The summed E-state index contributed by atoms with van der Waals surface area (Å²) in [5.74, 6) is 0. The number of thiophene rings is 1. The number of hydrogen-bond acceptors (Lipinski definition) is 5. The predicted molar refractivity (Wildman–Crippen MR) is 78.6 cm³/mol. The van der Waals surface area contributed by atoms with Gasteiger partial charge in [-0.05, 0) is 30.0 Å². The summed E-state index contributed by atoms with van der Waals surface area (Å²) in [5.41, 5.74) is 2.64. The molecular formula is C13H17N3S2. The highest BCUT2D eigenvalue weighted by molar-refractivity contribution is 7.13. The molecule has 1 N–H and O–H groups in total. The van der Waals surface area contributed by atoms with Crippen molar-refractivity contribution in [3.63, 3.8) is 0 Å². The van der Waals surface area contributed by atoms with Crippen LogP contribution in [0.25, 0.3) is 0 Å². The number of rotatable bonds is 4. The lowest BCUT2D eigenvalue weighted by Crippen LogP contribution is -2.29. The van der Waals surface area contributed by atoms with Crippen LogP contribution in [0.2, 0.25) is 0 Å². The quantitative estimate of drug-likeness (QED) is 0.933. The second-order valence-corrected chi connectivity index (χ2v) is 6.28. The maximum absolute atomic E-state index is 4.71. The van der Waals surface area contributed by atoms with E-state index < -0.39 is 0 Å². The van der Waals surface area contributed by atoms with E-state index in [1.807, 2.05) is 11.3 Å². The van der Waals surface area contributed by atoms with Gasteiger partial charge in [-0.25, -0.2) is 4.98 Å². The van der Waals surface area contributed by atoms with Crippen molar-refractivity contribution in [1.29, 1.82) is 0 Å². The van der Waals surface area contributed by atoms with Crippen LogP contribution in [-0.4, -0.2) is 18.1 Å². The molecule has 0 atom stereocenters. The number of anilines is 1. The van der Waals surface area contributed by atoms with Crippen LogP contribution in [0.1, 0.15) is 23.1 Å². The van der Waals surface area contributed by atoms with Crippen LogP contribution in [0, 0.1) is 0 Å². The molecule has 0 unspecified atom stereocenters. The SMILES string of the molecule is CCNCc1csc(N2CCc3sccc3C2)n1. The Labute approximate surface area is 115 Å². The Morgan fingerprint density at radius 3 is 3.28 bits per heavy atom. The minimum Gasteiger partial charge on any atom is -0.343 e. The summed E-state index contributed by atoms with van der Waals surface area (Å²) in [6.45, 7) is 6.12. The maximum Gasteiger partial charge on any atom is 0.185 e. The number of nitrogens with zero attached hydrogens (tertiary/aromatic N) is 2. The van der Waals surface area contributed by atoms with Gasteiger partial charge in [0.2, 0.25) is 0 Å². The molecule has 1 aliphatic rings. The van der Waals surface area contributed by atoms with Crippen LogP contribution in [0.4, 0.5) is 5.13 Å². The molecule has 3 rings (SSSR count). The average molecular weight is 279 g/mol. The average Bonchev–Trinajstić information content (AvgIpc) is 3.04. The summed E-state index contributed by atoms with van der Waals surface area (Å²) < 4.78 is 0. The van der Waals surface area contributed by atoms with Gasteiger partial charge in [0.15, 0.2) is 5.13 Å². The van der Waals surface area contributed by atoms with Crippen molar-refractivity contribution in [2.75, 3.05) is 18.0 Å². The topological polar surface area (TPSA) is 28.2 Å². The van der Waals surface area contributed by atoms with Crippen LogP contribution in [0.15, 0.2) is 16.8 Å². The van der Waals surface area contributed by atoms with Gasteiger partial charge < -0.3 is 10.2 Å². The second-order valence-electron chi connectivity index (χ2n) is 4.44. The molecule has 3 nitrogen and oxygen atoms in total. The molecule has 0 aliphatic carbocycles. The summed E-state index contributed by atoms with van der Waals surface area (Å²) in [7, 11) is 0. The van der Waals surface area contributed by atoms with Gasteiger partial charge in [-0.15, -0.1) is 22.7 Å². The Morgan fingerprint density at radius 1 is 1.44 bits per heavy atom. The molecule has 18 heavy (non-hydrogen) atoms. The molecule has 96 valence electrons. The van der Waals surface area contributed by atoms with Crippen molar-refractivity contribution in [3.8, 4) is 0 Å². The van der Waals surface area contributed by atoms with Crippen LogP contribution in [0.3, 0.4) is 0 Å². The Morgan fingerprint density at radius 2 is 2.39 bits per heavy atom. The molecule has 1 aliphatic heterocycles. The van der Waals surface area contributed by atoms with Crippen molar-refractivity contribution >= 4 is 27.8 Å². The summed E-state index contributed by atoms with van der Waals surface area (Å²) in [4.78, 5) is 8.66. The zero-order chi connectivity index (χ0) is 12.4. The molecule has 0 bridgehead atoms. The summed E-state index contributed by atoms with van der Waals surface area (Å²) in [5, 5.41) is 8.85. The molecule has 5 heteroatoms.